The van der Waals surface area contributed by atoms with Crippen LogP contribution in [0.3, 0.4) is 0 Å². The topological polar surface area (TPSA) is 50.6 Å². The Kier molecular flexibility index (Phi) is 6.29. The Morgan fingerprint density at radius 3 is 2.27 bits per heavy atom. The molecule has 1 fully saturated rings. The molecule has 1 N–H and O–H groups in total. The van der Waals surface area contributed by atoms with Crippen molar-refractivity contribution < 1.29 is 4.79 Å². The third-order valence-electron chi connectivity index (χ3n) is 7.71. The SMILES string of the molecule is O=C(Nc1ccccc1)c1c(Cc2ccccc2)sc2c(C3CC3)c(Cc3cccc4ccccc34)cc(=O)n12. The zero-order valence-corrected chi connectivity index (χ0v) is 22.8. The molecule has 2 aromatic heterocycles. The van der Waals surface area contributed by atoms with Crippen LogP contribution in [-0.2, 0) is 12.8 Å². The van der Waals surface area contributed by atoms with Gasteiger partial charge in [0.25, 0.3) is 11.5 Å². The summed E-state index contributed by atoms with van der Waals surface area (Å²) < 4.78 is 1.68. The Bertz CT molecular complexity index is 1910. The molecular formula is C35H28N2O2S. The van der Waals surface area contributed by atoms with Crippen LogP contribution >= 0.6 is 11.3 Å². The van der Waals surface area contributed by atoms with Crippen molar-refractivity contribution in [2.45, 2.75) is 31.6 Å². The molecule has 0 bridgehead atoms. The van der Waals surface area contributed by atoms with Crippen molar-refractivity contribution >= 4 is 38.5 Å². The van der Waals surface area contributed by atoms with E-state index in [4.69, 9.17) is 0 Å². The molecule has 0 atom stereocenters. The molecule has 7 rings (SSSR count). The Hall–Kier alpha value is -4.48. The van der Waals surface area contributed by atoms with Crippen LogP contribution in [0.2, 0.25) is 0 Å². The maximum Gasteiger partial charge on any atom is 0.273 e. The van der Waals surface area contributed by atoms with Gasteiger partial charge in [0, 0.05) is 23.1 Å². The number of nitrogens with one attached hydrogen (secondary N) is 1. The van der Waals surface area contributed by atoms with Crippen molar-refractivity contribution in [3.8, 4) is 0 Å². The van der Waals surface area contributed by atoms with E-state index in [1.807, 2.05) is 48.5 Å². The fourth-order valence-electron chi connectivity index (χ4n) is 5.70. The first kappa shape index (κ1) is 24.6. The molecule has 1 saturated carbocycles. The number of nitrogens with zero attached hydrogens (tertiary/aromatic N) is 1. The Morgan fingerprint density at radius 1 is 0.800 bits per heavy atom. The second-order valence-corrected chi connectivity index (χ2v) is 11.6. The fourth-order valence-corrected chi connectivity index (χ4v) is 7.13. The van der Waals surface area contributed by atoms with Crippen LogP contribution < -0.4 is 10.9 Å². The number of thiazole rings is 1. The van der Waals surface area contributed by atoms with E-state index in [1.165, 1.54) is 21.9 Å². The molecule has 2 heterocycles. The van der Waals surface area contributed by atoms with Gasteiger partial charge in [-0.3, -0.25) is 14.0 Å². The van der Waals surface area contributed by atoms with E-state index in [0.29, 0.717) is 30.1 Å². The van der Waals surface area contributed by atoms with Crippen LogP contribution in [0.4, 0.5) is 5.69 Å². The van der Waals surface area contributed by atoms with Crippen LogP contribution in [0.5, 0.6) is 0 Å². The van der Waals surface area contributed by atoms with Gasteiger partial charge in [-0.25, -0.2) is 0 Å². The van der Waals surface area contributed by atoms with Gasteiger partial charge in [0.15, 0.2) is 0 Å². The minimum absolute atomic E-state index is 0.150. The normalized spacial score (nSPS) is 13.1. The van der Waals surface area contributed by atoms with E-state index in [9.17, 15) is 9.59 Å². The summed E-state index contributed by atoms with van der Waals surface area (Å²) in [6.07, 6.45) is 3.49. The van der Waals surface area contributed by atoms with Crippen molar-refractivity contribution in [3.63, 3.8) is 0 Å². The minimum atomic E-state index is -0.256. The van der Waals surface area contributed by atoms with Gasteiger partial charge >= 0.3 is 0 Å². The highest BCUT2D eigenvalue weighted by atomic mass is 32.1. The number of anilines is 1. The maximum absolute atomic E-state index is 13.9. The summed E-state index contributed by atoms with van der Waals surface area (Å²) in [6.45, 7) is 0. The van der Waals surface area contributed by atoms with E-state index in [2.05, 4.69) is 59.9 Å². The number of carbonyl (C=O) groups excluding carboxylic acids is 1. The zero-order chi connectivity index (χ0) is 27.1. The molecule has 0 spiro atoms. The van der Waals surface area contributed by atoms with Gasteiger partial charge in [-0.05, 0) is 70.3 Å². The van der Waals surface area contributed by atoms with E-state index in [1.54, 1.807) is 21.8 Å². The van der Waals surface area contributed by atoms with Crippen LogP contribution in [0, 0.1) is 0 Å². The van der Waals surface area contributed by atoms with Crippen molar-refractivity contribution in [1.29, 1.82) is 0 Å². The van der Waals surface area contributed by atoms with Crippen LogP contribution in [0.25, 0.3) is 15.6 Å². The summed E-state index contributed by atoms with van der Waals surface area (Å²) in [5.41, 5.74) is 5.63. The highest BCUT2D eigenvalue weighted by Gasteiger charge is 2.32. The predicted molar refractivity (Wildman–Crippen MR) is 164 cm³/mol. The lowest BCUT2D eigenvalue weighted by Gasteiger charge is -2.13. The van der Waals surface area contributed by atoms with Crippen molar-refractivity contribution in [2.24, 2.45) is 0 Å². The lowest BCUT2D eigenvalue weighted by molar-refractivity contribution is 0.102. The third kappa shape index (κ3) is 4.63. The fraction of sp³-hybridized carbons (Fsp3) is 0.143. The number of carbonyl (C=O) groups is 1. The summed E-state index contributed by atoms with van der Waals surface area (Å²) in [5.74, 6) is 0.155. The van der Waals surface area contributed by atoms with Gasteiger partial charge in [0.1, 0.15) is 10.5 Å². The molecule has 4 aromatic carbocycles. The van der Waals surface area contributed by atoms with Gasteiger partial charge in [-0.1, -0.05) is 91.0 Å². The lowest BCUT2D eigenvalue weighted by Crippen LogP contribution is -2.23. The molecule has 196 valence electrons. The predicted octanol–water partition coefficient (Wildman–Crippen LogP) is 7.83. The molecule has 5 heteroatoms. The van der Waals surface area contributed by atoms with Crippen LogP contribution in [0.15, 0.2) is 114 Å². The number of para-hydroxylation sites is 1. The van der Waals surface area contributed by atoms with Gasteiger partial charge in [0.2, 0.25) is 0 Å². The van der Waals surface area contributed by atoms with Crippen molar-refractivity contribution in [2.75, 3.05) is 5.32 Å². The van der Waals surface area contributed by atoms with E-state index in [0.717, 1.165) is 33.7 Å². The molecule has 40 heavy (non-hydrogen) atoms. The number of fused-ring (bicyclic) bond motifs is 2. The van der Waals surface area contributed by atoms with Crippen LogP contribution in [-0.4, -0.2) is 10.3 Å². The van der Waals surface area contributed by atoms with Gasteiger partial charge in [-0.2, -0.15) is 0 Å². The van der Waals surface area contributed by atoms with Crippen LogP contribution in [0.1, 0.15) is 56.4 Å². The summed E-state index contributed by atoms with van der Waals surface area (Å²) in [5, 5.41) is 5.45. The Balaban J connectivity index is 1.40. The molecule has 4 nitrogen and oxygen atoms in total. The highest BCUT2D eigenvalue weighted by Crippen LogP contribution is 2.46. The second kappa shape index (κ2) is 10.2. The molecule has 0 saturated heterocycles. The molecule has 1 aliphatic carbocycles. The van der Waals surface area contributed by atoms with Gasteiger partial charge in [-0.15, -0.1) is 11.3 Å². The lowest BCUT2D eigenvalue weighted by atomic mass is 9.95. The average molecular weight is 541 g/mol. The Labute approximate surface area is 236 Å². The first-order valence-electron chi connectivity index (χ1n) is 13.7. The average Bonchev–Trinajstić information content (AvgIpc) is 3.74. The molecule has 0 aliphatic heterocycles. The first-order valence-corrected chi connectivity index (χ1v) is 14.5. The van der Waals surface area contributed by atoms with E-state index in [-0.39, 0.29) is 11.5 Å². The Morgan fingerprint density at radius 2 is 1.50 bits per heavy atom. The number of pyridine rings is 1. The van der Waals surface area contributed by atoms with Crippen molar-refractivity contribution in [1.82, 2.24) is 4.40 Å². The number of hydrogen-bond donors (Lipinski definition) is 1. The summed E-state index contributed by atoms with van der Waals surface area (Å²) >= 11 is 1.60. The van der Waals surface area contributed by atoms with Gasteiger partial charge in [0.05, 0.1) is 0 Å². The largest absolute Gasteiger partial charge is 0.321 e. The number of rotatable bonds is 7. The molecule has 6 aromatic rings. The number of hydrogen-bond acceptors (Lipinski definition) is 3. The summed E-state index contributed by atoms with van der Waals surface area (Å²) in [7, 11) is 0. The third-order valence-corrected chi connectivity index (χ3v) is 8.89. The monoisotopic (exact) mass is 540 g/mol. The van der Waals surface area contributed by atoms with E-state index >= 15 is 0 Å². The standard InChI is InChI=1S/C35H28N2O2S/c38-31-22-27(21-26-14-9-13-24-12-7-8-17-29(24)26)32(25-18-19-25)35-37(31)33(34(39)36-28-15-5-2-6-16-28)30(40-35)20-23-10-3-1-4-11-23/h1-17,22,25H,18-21H2,(H,36,39). The zero-order valence-electron chi connectivity index (χ0n) is 22.0. The molecule has 0 radical (unpaired) electrons. The molecular weight excluding hydrogens is 512 g/mol. The number of aromatic nitrogens is 1. The van der Waals surface area contributed by atoms with Crippen molar-refractivity contribution in [3.05, 3.63) is 152 Å². The number of benzene rings is 4. The summed E-state index contributed by atoms with van der Waals surface area (Å²) in [6, 6.07) is 36.2. The second-order valence-electron chi connectivity index (χ2n) is 10.5. The number of amides is 1. The maximum atomic E-state index is 13.9. The highest BCUT2D eigenvalue weighted by molar-refractivity contribution is 7.18. The van der Waals surface area contributed by atoms with Gasteiger partial charge < -0.3 is 5.32 Å². The van der Waals surface area contributed by atoms with E-state index < -0.39 is 0 Å². The smallest absolute Gasteiger partial charge is 0.273 e. The molecule has 1 amide bonds. The molecule has 0 unspecified atom stereocenters. The quantitative estimate of drug-likeness (QED) is 0.224. The minimum Gasteiger partial charge on any atom is -0.321 e. The molecule has 1 aliphatic rings. The summed E-state index contributed by atoms with van der Waals surface area (Å²) in [4.78, 5) is 29.5. The first-order chi connectivity index (χ1) is 19.7.